The third kappa shape index (κ3) is 4.53. The maximum atomic E-state index is 11.5. The van der Waals surface area contributed by atoms with E-state index in [1.54, 1.807) is 4.88 Å². The van der Waals surface area contributed by atoms with Crippen LogP contribution in [0.25, 0.3) is 0 Å². The number of carbonyl (C=O) groups excluding carboxylic acids is 1. The molecule has 1 aromatic rings. The van der Waals surface area contributed by atoms with E-state index in [2.05, 4.69) is 11.4 Å². The Bertz CT molecular complexity index is 422. The molecule has 0 atom stereocenters. The van der Waals surface area contributed by atoms with Gasteiger partial charge in [0.1, 0.15) is 5.60 Å². The minimum Gasteiger partial charge on any atom is -0.444 e. The fraction of sp³-hybridized carbons (Fsp3) is 0.667. The van der Waals surface area contributed by atoms with Crippen molar-refractivity contribution in [3.63, 3.8) is 0 Å². The van der Waals surface area contributed by atoms with Crippen molar-refractivity contribution in [2.75, 3.05) is 6.54 Å². The van der Waals surface area contributed by atoms with Gasteiger partial charge in [-0.3, -0.25) is 0 Å². The standard InChI is InChI=1S/C15H23NO2S/c1-15(2,3)18-14(17)16-9-8-12-10-11-6-4-5-7-13(11)19-12/h10H,4-9H2,1-3H3,(H,16,17). The Morgan fingerprint density at radius 3 is 2.79 bits per heavy atom. The Morgan fingerprint density at radius 2 is 2.11 bits per heavy atom. The highest BCUT2D eigenvalue weighted by molar-refractivity contribution is 7.12. The summed E-state index contributed by atoms with van der Waals surface area (Å²) in [6, 6.07) is 2.32. The van der Waals surface area contributed by atoms with Gasteiger partial charge < -0.3 is 10.1 Å². The molecule has 0 saturated heterocycles. The van der Waals surface area contributed by atoms with Crippen LogP contribution in [0.2, 0.25) is 0 Å². The average molecular weight is 281 g/mol. The summed E-state index contributed by atoms with van der Waals surface area (Å²) < 4.78 is 5.21. The third-order valence-corrected chi connectivity index (χ3v) is 4.38. The lowest BCUT2D eigenvalue weighted by atomic mass is 9.99. The van der Waals surface area contributed by atoms with Crippen LogP contribution >= 0.6 is 11.3 Å². The van der Waals surface area contributed by atoms with E-state index in [-0.39, 0.29) is 6.09 Å². The number of ether oxygens (including phenoxy) is 1. The zero-order valence-corrected chi connectivity index (χ0v) is 12.9. The highest BCUT2D eigenvalue weighted by atomic mass is 32.1. The predicted molar refractivity (Wildman–Crippen MR) is 78.9 cm³/mol. The molecular weight excluding hydrogens is 258 g/mol. The second-order valence-electron chi connectivity index (χ2n) is 6.05. The molecule has 1 heterocycles. The zero-order valence-electron chi connectivity index (χ0n) is 12.0. The SMILES string of the molecule is CC(C)(C)OC(=O)NCCc1cc2c(s1)CCCC2. The van der Waals surface area contributed by atoms with Gasteiger partial charge in [-0.2, -0.15) is 0 Å². The van der Waals surface area contributed by atoms with Gasteiger partial charge in [0.15, 0.2) is 0 Å². The maximum absolute atomic E-state index is 11.5. The van der Waals surface area contributed by atoms with Gasteiger partial charge in [0.2, 0.25) is 0 Å². The van der Waals surface area contributed by atoms with Gasteiger partial charge in [0.25, 0.3) is 0 Å². The van der Waals surface area contributed by atoms with E-state index in [1.807, 2.05) is 32.1 Å². The Kier molecular flexibility index (Phi) is 4.50. The summed E-state index contributed by atoms with van der Waals surface area (Å²) in [6.07, 6.45) is 5.68. The highest BCUT2D eigenvalue weighted by Gasteiger charge is 2.16. The third-order valence-electron chi connectivity index (χ3n) is 3.09. The number of fused-ring (bicyclic) bond motifs is 1. The lowest BCUT2D eigenvalue weighted by Crippen LogP contribution is -2.33. The Hall–Kier alpha value is -1.03. The van der Waals surface area contributed by atoms with Gasteiger partial charge >= 0.3 is 6.09 Å². The molecule has 0 radical (unpaired) electrons. The second kappa shape index (κ2) is 5.95. The molecule has 2 rings (SSSR count). The fourth-order valence-corrected chi connectivity index (χ4v) is 3.54. The molecule has 1 N–H and O–H groups in total. The monoisotopic (exact) mass is 281 g/mol. The molecule has 0 bridgehead atoms. The topological polar surface area (TPSA) is 38.3 Å². The molecule has 0 spiro atoms. The van der Waals surface area contributed by atoms with Crippen LogP contribution in [0, 0.1) is 0 Å². The zero-order chi connectivity index (χ0) is 13.9. The second-order valence-corrected chi connectivity index (χ2v) is 7.27. The van der Waals surface area contributed by atoms with Crippen molar-refractivity contribution in [2.45, 2.75) is 58.5 Å². The van der Waals surface area contributed by atoms with Crippen LogP contribution in [-0.4, -0.2) is 18.2 Å². The van der Waals surface area contributed by atoms with E-state index in [9.17, 15) is 4.79 Å². The molecule has 0 saturated carbocycles. The fourth-order valence-electron chi connectivity index (χ4n) is 2.28. The van der Waals surface area contributed by atoms with Gasteiger partial charge in [-0.1, -0.05) is 0 Å². The molecule has 19 heavy (non-hydrogen) atoms. The number of rotatable bonds is 3. The molecule has 4 heteroatoms. The van der Waals surface area contributed by atoms with Crippen LogP contribution in [-0.2, 0) is 24.0 Å². The van der Waals surface area contributed by atoms with E-state index in [4.69, 9.17) is 4.74 Å². The van der Waals surface area contributed by atoms with Crippen molar-refractivity contribution in [2.24, 2.45) is 0 Å². The summed E-state index contributed by atoms with van der Waals surface area (Å²) >= 11 is 1.91. The van der Waals surface area contributed by atoms with Crippen molar-refractivity contribution in [3.05, 3.63) is 21.4 Å². The van der Waals surface area contributed by atoms with E-state index in [0.29, 0.717) is 6.54 Å². The summed E-state index contributed by atoms with van der Waals surface area (Å²) in [5.74, 6) is 0. The number of hydrogen-bond donors (Lipinski definition) is 1. The Balaban J connectivity index is 1.77. The van der Waals surface area contributed by atoms with Crippen molar-refractivity contribution in [1.29, 1.82) is 0 Å². The predicted octanol–water partition coefficient (Wildman–Crippen LogP) is 3.69. The van der Waals surface area contributed by atoms with Gasteiger partial charge in [0, 0.05) is 16.3 Å². The van der Waals surface area contributed by atoms with Gasteiger partial charge in [-0.25, -0.2) is 4.79 Å². The number of thiophene rings is 1. The quantitative estimate of drug-likeness (QED) is 0.917. The van der Waals surface area contributed by atoms with Gasteiger partial charge in [0.05, 0.1) is 0 Å². The molecule has 1 aromatic heterocycles. The van der Waals surface area contributed by atoms with Crippen LogP contribution in [0.3, 0.4) is 0 Å². The smallest absolute Gasteiger partial charge is 0.407 e. The Morgan fingerprint density at radius 1 is 1.37 bits per heavy atom. The minimum atomic E-state index is -0.424. The highest BCUT2D eigenvalue weighted by Crippen LogP contribution is 2.29. The van der Waals surface area contributed by atoms with Gasteiger partial charge in [-0.15, -0.1) is 11.3 Å². The summed E-state index contributed by atoms with van der Waals surface area (Å²) in [5.41, 5.74) is 1.11. The number of hydrogen-bond acceptors (Lipinski definition) is 3. The number of carbonyl (C=O) groups is 1. The molecule has 1 aliphatic carbocycles. The molecule has 0 unspecified atom stereocenters. The van der Waals surface area contributed by atoms with Crippen molar-refractivity contribution in [3.8, 4) is 0 Å². The Labute approximate surface area is 119 Å². The minimum absolute atomic E-state index is 0.325. The van der Waals surface area contributed by atoms with E-state index >= 15 is 0 Å². The van der Waals surface area contributed by atoms with Crippen LogP contribution < -0.4 is 5.32 Å². The van der Waals surface area contributed by atoms with Crippen LogP contribution in [0.15, 0.2) is 6.07 Å². The summed E-state index contributed by atoms with van der Waals surface area (Å²) in [6.45, 7) is 6.27. The maximum Gasteiger partial charge on any atom is 0.407 e. The van der Waals surface area contributed by atoms with Crippen molar-refractivity contribution < 1.29 is 9.53 Å². The summed E-state index contributed by atoms with van der Waals surface area (Å²) in [5, 5.41) is 2.81. The summed E-state index contributed by atoms with van der Waals surface area (Å²) in [7, 11) is 0. The molecule has 0 aliphatic heterocycles. The lowest BCUT2D eigenvalue weighted by Gasteiger charge is -2.19. The number of amides is 1. The molecule has 0 fully saturated rings. The molecule has 1 aliphatic rings. The average Bonchev–Trinajstić information content (AvgIpc) is 2.68. The van der Waals surface area contributed by atoms with Crippen LogP contribution in [0.5, 0.6) is 0 Å². The largest absolute Gasteiger partial charge is 0.444 e. The number of nitrogens with one attached hydrogen (secondary N) is 1. The van der Waals surface area contributed by atoms with Crippen LogP contribution in [0.1, 0.15) is 48.9 Å². The molecule has 106 valence electrons. The van der Waals surface area contributed by atoms with Gasteiger partial charge in [-0.05, 0) is 64.5 Å². The molecule has 0 aromatic carbocycles. The van der Waals surface area contributed by atoms with Crippen LogP contribution in [0.4, 0.5) is 4.79 Å². The first-order valence-electron chi connectivity index (χ1n) is 7.01. The van der Waals surface area contributed by atoms with Crippen molar-refractivity contribution >= 4 is 17.4 Å². The van der Waals surface area contributed by atoms with E-state index < -0.39 is 5.60 Å². The van der Waals surface area contributed by atoms with E-state index in [1.165, 1.54) is 36.1 Å². The normalized spacial score (nSPS) is 14.9. The first-order chi connectivity index (χ1) is 8.94. The summed E-state index contributed by atoms with van der Waals surface area (Å²) in [4.78, 5) is 14.4. The molecular formula is C15H23NO2S. The molecule has 3 nitrogen and oxygen atoms in total. The number of aryl methyl sites for hydroxylation is 2. The number of alkyl carbamates (subject to hydrolysis) is 1. The first-order valence-corrected chi connectivity index (χ1v) is 7.83. The van der Waals surface area contributed by atoms with E-state index in [0.717, 1.165) is 6.42 Å². The van der Waals surface area contributed by atoms with Crippen molar-refractivity contribution in [1.82, 2.24) is 5.32 Å². The lowest BCUT2D eigenvalue weighted by molar-refractivity contribution is 0.0528. The first kappa shape index (κ1) is 14.4. The molecule has 1 amide bonds.